The van der Waals surface area contributed by atoms with E-state index in [0.29, 0.717) is 0 Å². The van der Waals surface area contributed by atoms with Crippen LogP contribution in [0.4, 0.5) is 4.39 Å². The molecule has 0 aromatic heterocycles. The molecule has 1 aromatic carbocycles. The Kier molecular flexibility index (Phi) is 2.99. The fourth-order valence-electron chi connectivity index (χ4n) is 2.00. The summed E-state index contributed by atoms with van der Waals surface area (Å²) in [6, 6.07) is 4.50. The lowest BCUT2D eigenvalue weighted by atomic mass is 10.1. The molecule has 1 unspecified atom stereocenters. The molecule has 5 heteroatoms. The third-order valence-electron chi connectivity index (χ3n) is 2.82. The van der Waals surface area contributed by atoms with Crippen LogP contribution in [0.2, 0.25) is 0 Å². The number of nitrogens with one attached hydrogen (secondary N) is 1. The molecule has 1 atom stereocenters. The van der Waals surface area contributed by atoms with Gasteiger partial charge in [0, 0.05) is 12.3 Å². The van der Waals surface area contributed by atoms with Crippen molar-refractivity contribution in [1.82, 2.24) is 5.32 Å². The summed E-state index contributed by atoms with van der Waals surface area (Å²) in [5.74, 6) is -0.659. The zero-order valence-corrected chi connectivity index (χ0v) is 9.85. The van der Waals surface area contributed by atoms with Gasteiger partial charge >= 0.3 is 0 Å². The standard InChI is InChI=1S/C11H14FNO2S/c1-16(14,15)11-5-4-8(7-9(11)12)10-3-2-6-13-10/h4-5,7,10,13H,2-3,6H2,1H3. The van der Waals surface area contributed by atoms with Crippen molar-refractivity contribution in [2.24, 2.45) is 0 Å². The average Bonchev–Trinajstić information content (AvgIpc) is 2.68. The zero-order valence-electron chi connectivity index (χ0n) is 9.03. The van der Waals surface area contributed by atoms with Gasteiger partial charge in [0.2, 0.25) is 0 Å². The van der Waals surface area contributed by atoms with Crippen molar-refractivity contribution in [3.63, 3.8) is 0 Å². The van der Waals surface area contributed by atoms with Crippen molar-refractivity contribution in [3.05, 3.63) is 29.6 Å². The molecule has 3 nitrogen and oxygen atoms in total. The van der Waals surface area contributed by atoms with E-state index in [1.807, 2.05) is 0 Å². The minimum Gasteiger partial charge on any atom is -0.310 e. The molecule has 1 aromatic rings. The minimum atomic E-state index is -3.47. The molecule has 88 valence electrons. The van der Waals surface area contributed by atoms with Crippen LogP contribution in [-0.2, 0) is 9.84 Å². The van der Waals surface area contributed by atoms with Crippen molar-refractivity contribution in [1.29, 1.82) is 0 Å². The molecule has 0 amide bonds. The Morgan fingerprint density at radius 2 is 2.19 bits per heavy atom. The predicted molar refractivity (Wildman–Crippen MR) is 59.5 cm³/mol. The Morgan fingerprint density at radius 1 is 1.44 bits per heavy atom. The van der Waals surface area contributed by atoms with Gasteiger partial charge in [0.25, 0.3) is 0 Å². The van der Waals surface area contributed by atoms with E-state index in [0.717, 1.165) is 31.2 Å². The van der Waals surface area contributed by atoms with Crippen molar-refractivity contribution >= 4 is 9.84 Å². The molecule has 0 spiro atoms. The molecule has 16 heavy (non-hydrogen) atoms. The molecule has 1 aliphatic rings. The molecule has 1 N–H and O–H groups in total. The third kappa shape index (κ3) is 2.25. The molecular formula is C11H14FNO2S. The first-order valence-corrected chi connectivity index (χ1v) is 7.10. The maximum Gasteiger partial charge on any atom is 0.178 e. The SMILES string of the molecule is CS(=O)(=O)c1ccc(C2CCCN2)cc1F. The van der Waals surface area contributed by atoms with Gasteiger partial charge in [-0.15, -0.1) is 0 Å². The van der Waals surface area contributed by atoms with E-state index in [-0.39, 0.29) is 10.9 Å². The topological polar surface area (TPSA) is 46.2 Å². The first-order chi connectivity index (χ1) is 7.48. The molecule has 1 saturated heterocycles. The van der Waals surface area contributed by atoms with Crippen LogP contribution in [0.5, 0.6) is 0 Å². The van der Waals surface area contributed by atoms with Crippen LogP contribution in [0.25, 0.3) is 0 Å². The number of hydrogen-bond acceptors (Lipinski definition) is 3. The summed E-state index contributed by atoms with van der Waals surface area (Å²) in [5.41, 5.74) is 0.822. The van der Waals surface area contributed by atoms with Gasteiger partial charge in [0.15, 0.2) is 9.84 Å². The summed E-state index contributed by atoms with van der Waals surface area (Å²) in [5, 5.41) is 3.24. The van der Waals surface area contributed by atoms with Crippen LogP contribution in [0.15, 0.2) is 23.1 Å². The van der Waals surface area contributed by atoms with E-state index in [1.165, 1.54) is 12.1 Å². The Hall–Kier alpha value is -0.940. The monoisotopic (exact) mass is 243 g/mol. The highest BCUT2D eigenvalue weighted by atomic mass is 32.2. The maximum atomic E-state index is 13.6. The largest absolute Gasteiger partial charge is 0.310 e. The van der Waals surface area contributed by atoms with E-state index in [9.17, 15) is 12.8 Å². The van der Waals surface area contributed by atoms with Crippen LogP contribution >= 0.6 is 0 Å². The van der Waals surface area contributed by atoms with Gasteiger partial charge in [-0.1, -0.05) is 6.07 Å². The summed E-state index contributed by atoms with van der Waals surface area (Å²) in [7, 11) is -3.47. The lowest BCUT2D eigenvalue weighted by Crippen LogP contribution is -2.13. The summed E-state index contributed by atoms with van der Waals surface area (Å²) in [4.78, 5) is -0.228. The Morgan fingerprint density at radius 3 is 2.69 bits per heavy atom. The molecule has 0 aliphatic carbocycles. The third-order valence-corrected chi connectivity index (χ3v) is 3.95. The van der Waals surface area contributed by atoms with Gasteiger partial charge < -0.3 is 5.32 Å². The van der Waals surface area contributed by atoms with Crippen molar-refractivity contribution in [2.45, 2.75) is 23.8 Å². The number of halogens is 1. The lowest BCUT2D eigenvalue weighted by Gasteiger charge is -2.11. The first kappa shape index (κ1) is 11.5. The van der Waals surface area contributed by atoms with Gasteiger partial charge in [-0.25, -0.2) is 12.8 Å². The van der Waals surface area contributed by atoms with Crippen molar-refractivity contribution in [2.75, 3.05) is 12.8 Å². The highest BCUT2D eigenvalue weighted by Crippen LogP contribution is 2.25. The average molecular weight is 243 g/mol. The number of hydrogen-bond donors (Lipinski definition) is 1. The molecule has 0 bridgehead atoms. The minimum absolute atomic E-state index is 0.156. The smallest absolute Gasteiger partial charge is 0.178 e. The molecule has 0 radical (unpaired) electrons. The van der Waals surface area contributed by atoms with Crippen molar-refractivity contribution in [3.8, 4) is 0 Å². The zero-order chi connectivity index (χ0) is 11.8. The fraction of sp³-hybridized carbons (Fsp3) is 0.455. The van der Waals surface area contributed by atoms with Crippen LogP contribution in [0.1, 0.15) is 24.4 Å². The summed E-state index contributed by atoms with van der Waals surface area (Å²) in [6.07, 6.45) is 3.05. The van der Waals surface area contributed by atoms with Crippen LogP contribution in [0.3, 0.4) is 0 Å². The molecular weight excluding hydrogens is 229 g/mol. The number of benzene rings is 1. The highest BCUT2D eigenvalue weighted by molar-refractivity contribution is 7.90. The number of sulfone groups is 1. The van der Waals surface area contributed by atoms with Gasteiger partial charge in [-0.3, -0.25) is 0 Å². The van der Waals surface area contributed by atoms with Gasteiger partial charge in [0.05, 0.1) is 0 Å². The van der Waals surface area contributed by atoms with E-state index in [4.69, 9.17) is 0 Å². The second-order valence-corrected chi connectivity index (χ2v) is 6.10. The van der Waals surface area contributed by atoms with Crippen LogP contribution in [-0.4, -0.2) is 21.2 Å². The van der Waals surface area contributed by atoms with Gasteiger partial charge in [-0.05, 0) is 37.1 Å². The number of rotatable bonds is 2. The van der Waals surface area contributed by atoms with Crippen molar-refractivity contribution < 1.29 is 12.8 Å². The Balaban J connectivity index is 2.36. The predicted octanol–water partition coefficient (Wildman–Crippen LogP) is 1.65. The van der Waals surface area contributed by atoms with E-state index in [1.54, 1.807) is 6.07 Å². The molecule has 1 heterocycles. The molecule has 1 fully saturated rings. The fourth-order valence-corrected chi connectivity index (χ4v) is 2.73. The molecule has 1 aliphatic heterocycles. The van der Waals surface area contributed by atoms with Gasteiger partial charge in [-0.2, -0.15) is 0 Å². The normalized spacial score (nSPS) is 21.2. The second kappa shape index (κ2) is 4.14. The van der Waals surface area contributed by atoms with Gasteiger partial charge in [0.1, 0.15) is 10.7 Å². The molecule has 0 saturated carbocycles. The highest BCUT2D eigenvalue weighted by Gasteiger charge is 2.19. The second-order valence-electron chi connectivity index (χ2n) is 4.11. The van der Waals surface area contributed by atoms with E-state index in [2.05, 4.69) is 5.32 Å². The molecule has 2 rings (SSSR count). The summed E-state index contributed by atoms with van der Waals surface area (Å²) in [6.45, 7) is 0.931. The summed E-state index contributed by atoms with van der Waals surface area (Å²) < 4.78 is 36.1. The Labute approximate surface area is 94.6 Å². The Bertz CT molecular complexity index is 493. The first-order valence-electron chi connectivity index (χ1n) is 5.21. The van der Waals surface area contributed by atoms with E-state index < -0.39 is 15.7 Å². The van der Waals surface area contributed by atoms with Crippen LogP contribution in [0, 0.1) is 5.82 Å². The summed E-state index contributed by atoms with van der Waals surface area (Å²) >= 11 is 0. The quantitative estimate of drug-likeness (QED) is 0.859. The lowest BCUT2D eigenvalue weighted by molar-refractivity contribution is 0.563. The maximum absolute atomic E-state index is 13.6. The van der Waals surface area contributed by atoms with E-state index >= 15 is 0 Å². The van der Waals surface area contributed by atoms with Crippen LogP contribution < -0.4 is 5.32 Å².